The van der Waals surface area contributed by atoms with Gasteiger partial charge in [-0.1, -0.05) is 6.58 Å². The minimum absolute atomic E-state index is 0.0138. The Balaban J connectivity index is 3.51. The zero-order valence-corrected chi connectivity index (χ0v) is 11.5. The molecule has 0 aromatic heterocycles. The minimum atomic E-state index is -0.295. The summed E-state index contributed by atoms with van der Waals surface area (Å²) in [7, 11) is 1.55. The minimum Gasteiger partial charge on any atom is -0.507 e. The van der Waals surface area contributed by atoms with E-state index in [0.29, 0.717) is 28.0 Å². The average molecular weight is 249 g/mol. The molecule has 0 saturated heterocycles. The highest BCUT2D eigenvalue weighted by molar-refractivity contribution is 6.06. The molecule has 0 radical (unpaired) electrons. The standard InChI is InChI=1S/C14H19NO3/c1-7(2)14(18)15(6)11-10(5)12(16)8(3)9(4)13(11)17/h16-17H,1H2,2-6H3. The van der Waals surface area contributed by atoms with Crippen molar-refractivity contribution >= 4 is 11.6 Å². The fourth-order valence-corrected chi connectivity index (χ4v) is 1.90. The Morgan fingerprint density at radius 2 is 1.50 bits per heavy atom. The molecule has 0 spiro atoms. The molecule has 18 heavy (non-hydrogen) atoms. The van der Waals surface area contributed by atoms with E-state index in [2.05, 4.69) is 6.58 Å². The first-order valence-corrected chi connectivity index (χ1v) is 5.65. The zero-order valence-electron chi connectivity index (χ0n) is 11.5. The summed E-state index contributed by atoms with van der Waals surface area (Å²) in [6.07, 6.45) is 0. The van der Waals surface area contributed by atoms with Crippen LogP contribution in [0.1, 0.15) is 23.6 Å². The highest BCUT2D eigenvalue weighted by atomic mass is 16.3. The largest absolute Gasteiger partial charge is 0.507 e. The molecule has 0 saturated carbocycles. The van der Waals surface area contributed by atoms with Crippen LogP contribution >= 0.6 is 0 Å². The Morgan fingerprint density at radius 3 is 1.94 bits per heavy atom. The van der Waals surface area contributed by atoms with Gasteiger partial charge in [-0.3, -0.25) is 4.79 Å². The van der Waals surface area contributed by atoms with E-state index in [0.717, 1.165) is 0 Å². The van der Waals surface area contributed by atoms with Gasteiger partial charge in [0.15, 0.2) is 0 Å². The molecule has 1 rings (SSSR count). The Bertz CT molecular complexity index is 503. The number of carbonyl (C=O) groups excluding carboxylic acids is 1. The number of amides is 1. The number of carbonyl (C=O) groups is 1. The molecule has 0 heterocycles. The van der Waals surface area contributed by atoms with Crippen molar-refractivity contribution in [3.05, 3.63) is 28.8 Å². The number of likely N-dealkylation sites (N-methyl/N-ethyl adjacent to an activating group) is 1. The second-order valence-corrected chi connectivity index (χ2v) is 4.57. The van der Waals surface area contributed by atoms with Gasteiger partial charge in [-0.2, -0.15) is 0 Å². The van der Waals surface area contributed by atoms with Crippen LogP contribution in [-0.4, -0.2) is 23.2 Å². The van der Waals surface area contributed by atoms with Gasteiger partial charge in [0, 0.05) is 18.2 Å². The van der Waals surface area contributed by atoms with E-state index in [-0.39, 0.29) is 17.4 Å². The summed E-state index contributed by atoms with van der Waals surface area (Å²) < 4.78 is 0. The van der Waals surface area contributed by atoms with Crippen molar-refractivity contribution in [1.29, 1.82) is 0 Å². The molecule has 4 heteroatoms. The van der Waals surface area contributed by atoms with Crippen LogP contribution in [0.15, 0.2) is 12.2 Å². The highest BCUT2D eigenvalue weighted by Crippen LogP contribution is 2.42. The number of benzene rings is 1. The Hall–Kier alpha value is -1.97. The van der Waals surface area contributed by atoms with Crippen LogP contribution in [0.2, 0.25) is 0 Å². The normalized spacial score (nSPS) is 10.3. The quantitative estimate of drug-likeness (QED) is 0.625. The van der Waals surface area contributed by atoms with Gasteiger partial charge >= 0.3 is 0 Å². The zero-order chi connectivity index (χ0) is 14.2. The molecule has 0 aliphatic rings. The third kappa shape index (κ3) is 2.06. The van der Waals surface area contributed by atoms with Gasteiger partial charge in [-0.15, -0.1) is 0 Å². The molecular formula is C14H19NO3. The van der Waals surface area contributed by atoms with E-state index in [4.69, 9.17) is 0 Å². The Morgan fingerprint density at radius 1 is 1.06 bits per heavy atom. The van der Waals surface area contributed by atoms with Crippen LogP contribution in [0.5, 0.6) is 11.5 Å². The van der Waals surface area contributed by atoms with Gasteiger partial charge in [-0.05, 0) is 38.8 Å². The van der Waals surface area contributed by atoms with Crippen molar-refractivity contribution in [3.63, 3.8) is 0 Å². The van der Waals surface area contributed by atoms with E-state index in [9.17, 15) is 15.0 Å². The van der Waals surface area contributed by atoms with Gasteiger partial charge < -0.3 is 15.1 Å². The van der Waals surface area contributed by atoms with Gasteiger partial charge in [0.2, 0.25) is 0 Å². The monoisotopic (exact) mass is 249 g/mol. The number of aromatic hydroxyl groups is 2. The number of nitrogens with zero attached hydrogens (tertiary/aromatic N) is 1. The summed E-state index contributed by atoms with van der Waals surface area (Å²) in [5.41, 5.74) is 2.35. The van der Waals surface area contributed by atoms with Crippen LogP contribution in [0.3, 0.4) is 0 Å². The summed E-state index contributed by atoms with van der Waals surface area (Å²) in [6, 6.07) is 0. The first-order valence-electron chi connectivity index (χ1n) is 5.65. The molecule has 98 valence electrons. The molecule has 0 atom stereocenters. The molecule has 1 aromatic carbocycles. The van der Waals surface area contributed by atoms with Gasteiger partial charge in [0.1, 0.15) is 11.5 Å². The summed E-state index contributed by atoms with van der Waals surface area (Å²) in [5, 5.41) is 20.1. The summed E-state index contributed by atoms with van der Waals surface area (Å²) >= 11 is 0. The SMILES string of the molecule is C=C(C)C(=O)N(C)c1c(C)c(O)c(C)c(C)c1O. The van der Waals surface area contributed by atoms with Crippen molar-refractivity contribution in [2.45, 2.75) is 27.7 Å². The fourth-order valence-electron chi connectivity index (χ4n) is 1.90. The highest BCUT2D eigenvalue weighted by Gasteiger charge is 2.22. The predicted octanol–water partition coefficient (Wildman–Crippen LogP) is 2.56. The summed E-state index contributed by atoms with van der Waals surface area (Å²) in [6.45, 7) is 10.3. The predicted molar refractivity (Wildman–Crippen MR) is 72.2 cm³/mol. The second kappa shape index (κ2) is 4.72. The number of anilines is 1. The molecule has 0 fully saturated rings. The number of phenols is 2. The van der Waals surface area contributed by atoms with Crippen LogP contribution in [0.4, 0.5) is 5.69 Å². The van der Waals surface area contributed by atoms with Crippen molar-refractivity contribution in [2.75, 3.05) is 11.9 Å². The van der Waals surface area contributed by atoms with Crippen LogP contribution in [0, 0.1) is 20.8 Å². The number of phenolic OH excluding ortho intramolecular Hbond substituents is 2. The maximum absolute atomic E-state index is 11.9. The smallest absolute Gasteiger partial charge is 0.253 e. The van der Waals surface area contributed by atoms with E-state index >= 15 is 0 Å². The van der Waals surface area contributed by atoms with E-state index in [1.807, 2.05) is 0 Å². The maximum atomic E-state index is 11.9. The molecular weight excluding hydrogens is 230 g/mol. The lowest BCUT2D eigenvalue weighted by atomic mass is 10.0. The second-order valence-electron chi connectivity index (χ2n) is 4.57. The van der Waals surface area contributed by atoms with Crippen LogP contribution < -0.4 is 4.90 Å². The lowest BCUT2D eigenvalue weighted by Crippen LogP contribution is -2.27. The molecule has 0 unspecified atom stereocenters. The number of rotatable bonds is 2. The van der Waals surface area contributed by atoms with Crippen LogP contribution in [-0.2, 0) is 4.79 Å². The first kappa shape index (κ1) is 14.1. The molecule has 0 aliphatic heterocycles. The first-order chi connectivity index (χ1) is 8.20. The lowest BCUT2D eigenvalue weighted by Gasteiger charge is -2.23. The van der Waals surface area contributed by atoms with Crippen molar-refractivity contribution < 1.29 is 15.0 Å². The molecule has 1 aromatic rings. The topological polar surface area (TPSA) is 60.8 Å². The molecule has 0 bridgehead atoms. The van der Waals surface area contributed by atoms with E-state index in [1.54, 1.807) is 34.7 Å². The summed E-state index contributed by atoms with van der Waals surface area (Å²) in [5.74, 6) is -0.183. The molecule has 4 nitrogen and oxygen atoms in total. The van der Waals surface area contributed by atoms with E-state index in [1.165, 1.54) is 4.90 Å². The van der Waals surface area contributed by atoms with Crippen molar-refractivity contribution in [3.8, 4) is 11.5 Å². The third-order valence-electron chi connectivity index (χ3n) is 3.21. The number of hydrogen-bond donors (Lipinski definition) is 2. The average Bonchev–Trinajstić information content (AvgIpc) is 2.32. The Labute approximate surface area is 107 Å². The van der Waals surface area contributed by atoms with Gasteiger partial charge in [-0.25, -0.2) is 0 Å². The summed E-state index contributed by atoms with van der Waals surface area (Å²) in [4.78, 5) is 13.2. The number of hydrogen-bond acceptors (Lipinski definition) is 3. The Kier molecular flexibility index (Phi) is 3.70. The molecule has 0 aliphatic carbocycles. The fraction of sp³-hybridized carbons (Fsp3) is 0.357. The maximum Gasteiger partial charge on any atom is 0.253 e. The molecule has 1 amide bonds. The van der Waals surface area contributed by atoms with Crippen molar-refractivity contribution in [1.82, 2.24) is 0 Å². The van der Waals surface area contributed by atoms with Crippen LogP contribution in [0.25, 0.3) is 0 Å². The lowest BCUT2D eigenvalue weighted by molar-refractivity contribution is -0.114. The molecule has 2 N–H and O–H groups in total. The van der Waals surface area contributed by atoms with E-state index < -0.39 is 0 Å². The van der Waals surface area contributed by atoms with Gasteiger partial charge in [0.05, 0.1) is 5.69 Å². The van der Waals surface area contributed by atoms with Gasteiger partial charge in [0.25, 0.3) is 5.91 Å². The van der Waals surface area contributed by atoms with Crippen molar-refractivity contribution in [2.24, 2.45) is 0 Å². The third-order valence-corrected chi connectivity index (χ3v) is 3.21.